The third-order valence-corrected chi connectivity index (χ3v) is 5.31. The van der Waals surface area contributed by atoms with Gasteiger partial charge in [0.15, 0.2) is 0 Å². The van der Waals surface area contributed by atoms with Crippen LogP contribution < -0.4 is 5.32 Å². The van der Waals surface area contributed by atoms with Crippen molar-refractivity contribution in [3.8, 4) is 5.69 Å². The molecule has 28 heavy (non-hydrogen) atoms. The van der Waals surface area contributed by atoms with Crippen molar-refractivity contribution in [1.29, 1.82) is 0 Å². The molecule has 1 fully saturated rings. The molecule has 1 aliphatic heterocycles. The van der Waals surface area contributed by atoms with Crippen molar-refractivity contribution in [2.24, 2.45) is 0 Å². The molecule has 2 heterocycles. The summed E-state index contributed by atoms with van der Waals surface area (Å²) in [6.07, 6.45) is 7.19. The van der Waals surface area contributed by atoms with Crippen LogP contribution in [0.5, 0.6) is 0 Å². The lowest BCUT2D eigenvalue weighted by atomic mass is 10.0. The fourth-order valence-electron chi connectivity index (χ4n) is 3.77. The normalized spacial score (nSPS) is 14.7. The van der Waals surface area contributed by atoms with E-state index in [4.69, 9.17) is 0 Å². The molecule has 5 nitrogen and oxygen atoms in total. The lowest BCUT2D eigenvalue weighted by molar-refractivity contribution is 0.0944. The SMILES string of the molecule is O=C(NCc1ccccc1CN1CCCCC1)c1cncn1-c1ccccc1. The first-order valence-electron chi connectivity index (χ1n) is 9.96. The zero-order valence-corrected chi connectivity index (χ0v) is 16.1. The molecule has 4 rings (SSSR count). The number of hydrogen-bond donors (Lipinski definition) is 1. The summed E-state index contributed by atoms with van der Waals surface area (Å²) in [6.45, 7) is 3.80. The van der Waals surface area contributed by atoms with E-state index in [1.54, 1.807) is 12.5 Å². The van der Waals surface area contributed by atoms with Crippen molar-refractivity contribution in [3.05, 3.63) is 83.9 Å². The van der Waals surface area contributed by atoms with Crippen molar-refractivity contribution in [2.75, 3.05) is 13.1 Å². The van der Waals surface area contributed by atoms with E-state index in [0.29, 0.717) is 12.2 Å². The third-order valence-electron chi connectivity index (χ3n) is 5.31. The van der Waals surface area contributed by atoms with Gasteiger partial charge in [-0.3, -0.25) is 14.3 Å². The third kappa shape index (κ3) is 4.31. The molecule has 144 valence electrons. The summed E-state index contributed by atoms with van der Waals surface area (Å²) in [5.74, 6) is -0.117. The predicted molar refractivity (Wildman–Crippen MR) is 110 cm³/mol. The summed E-state index contributed by atoms with van der Waals surface area (Å²) in [7, 11) is 0. The standard InChI is InChI=1S/C23H26N4O/c28-23(22-16-24-18-27(22)21-11-3-1-4-12-21)25-15-19-9-5-6-10-20(19)17-26-13-7-2-8-14-26/h1,3-6,9-12,16,18H,2,7-8,13-15,17H2,(H,25,28). The molecular weight excluding hydrogens is 348 g/mol. The number of amides is 1. The maximum absolute atomic E-state index is 12.8. The molecule has 0 atom stereocenters. The average molecular weight is 374 g/mol. The second-order valence-corrected chi connectivity index (χ2v) is 7.27. The molecule has 0 spiro atoms. The van der Waals surface area contributed by atoms with Crippen LogP contribution in [-0.4, -0.2) is 33.4 Å². The Balaban J connectivity index is 1.44. The molecule has 1 N–H and O–H groups in total. The Hall–Kier alpha value is -2.92. The van der Waals surface area contributed by atoms with Gasteiger partial charge in [0.25, 0.3) is 5.91 Å². The van der Waals surface area contributed by atoms with Gasteiger partial charge in [0, 0.05) is 18.8 Å². The number of likely N-dealkylation sites (tertiary alicyclic amines) is 1. The van der Waals surface area contributed by atoms with E-state index in [-0.39, 0.29) is 5.91 Å². The van der Waals surface area contributed by atoms with E-state index >= 15 is 0 Å². The maximum Gasteiger partial charge on any atom is 0.270 e. The molecule has 3 aromatic rings. The summed E-state index contributed by atoms with van der Waals surface area (Å²) in [4.78, 5) is 19.5. The highest BCUT2D eigenvalue weighted by atomic mass is 16.1. The van der Waals surface area contributed by atoms with E-state index in [2.05, 4.69) is 33.4 Å². The lowest BCUT2D eigenvalue weighted by Crippen LogP contribution is -2.30. The van der Waals surface area contributed by atoms with Gasteiger partial charge in [-0.05, 0) is 49.2 Å². The Bertz CT molecular complexity index is 913. The van der Waals surface area contributed by atoms with Gasteiger partial charge in [-0.25, -0.2) is 4.98 Å². The first-order valence-corrected chi connectivity index (χ1v) is 9.96. The highest BCUT2D eigenvalue weighted by molar-refractivity contribution is 5.93. The molecule has 0 unspecified atom stereocenters. The number of imidazole rings is 1. The van der Waals surface area contributed by atoms with Crippen LogP contribution in [0.15, 0.2) is 67.1 Å². The van der Waals surface area contributed by atoms with Gasteiger partial charge in [0.2, 0.25) is 0 Å². The van der Waals surface area contributed by atoms with Gasteiger partial charge in [-0.2, -0.15) is 0 Å². The summed E-state index contributed by atoms with van der Waals surface area (Å²) in [5, 5.41) is 3.07. The maximum atomic E-state index is 12.8. The summed E-state index contributed by atoms with van der Waals surface area (Å²) < 4.78 is 1.81. The fraction of sp³-hybridized carbons (Fsp3) is 0.304. The first-order chi connectivity index (χ1) is 13.8. The van der Waals surface area contributed by atoms with Crippen LogP contribution in [0.4, 0.5) is 0 Å². The molecule has 0 saturated carbocycles. The number of carbonyl (C=O) groups excluding carboxylic acids is 1. The van der Waals surface area contributed by atoms with Gasteiger partial charge in [-0.15, -0.1) is 0 Å². The summed E-state index contributed by atoms with van der Waals surface area (Å²) in [6, 6.07) is 18.2. The number of hydrogen-bond acceptors (Lipinski definition) is 3. The van der Waals surface area contributed by atoms with E-state index in [9.17, 15) is 4.79 Å². The minimum absolute atomic E-state index is 0.117. The number of rotatable bonds is 6. The number of nitrogens with zero attached hydrogens (tertiary/aromatic N) is 3. The minimum Gasteiger partial charge on any atom is -0.347 e. The first kappa shape index (κ1) is 18.4. The average Bonchev–Trinajstić information content (AvgIpc) is 3.24. The zero-order valence-electron chi connectivity index (χ0n) is 16.1. The van der Waals surface area contributed by atoms with Crippen LogP contribution in [0.25, 0.3) is 5.69 Å². The molecule has 1 amide bonds. The van der Waals surface area contributed by atoms with Crippen LogP contribution in [0.3, 0.4) is 0 Å². The summed E-state index contributed by atoms with van der Waals surface area (Å²) in [5.41, 5.74) is 3.93. The van der Waals surface area contributed by atoms with E-state index in [1.807, 2.05) is 41.0 Å². The second-order valence-electron chi connectivity index (χ2n) is 7.27. The predicted octanol–water partition coefficient (Wildman–Crippen LogP) is 3.79. The molecule has 1 aliphatic rings. The minimum atomic E-state index is -0.117. The van der Waals surface area contributed by atoms with Gasteiger partial charge in [0.05, 0.1) is 12.5 Å². The highest BCUT2D eigenvalue weighted by Crippen LogP contribution is 2.17. The van der Waals surface area contributed by atoms with Gasteiger partial charge >= 0.3 is 0 Å². The number of aromatic nitrogens is 2. The van der Waals surface area contributed by atoms with Crippen LogP contribution in [0, 0.1) is 0 Å². The quantitative estimate of drug-likeness (QED) is 0.714. The highest BCUT2D eigenvalue weighted by Gasteiger charge is 2.15. The van der Waals surface area contributed by atoms with Gasteiger partial charge < -0.3 is 5.32 Å². The Morgan fingerprint density at radius 3 is 2.43 bits per heavy atom. The van der Waals surface area contributed by atoms with Crippen LogP contribution in [-0.2, 0) is 13.1 Å². The van der Waals surface area contributed by atoms with E-state index < -0.39 is 0 Å². The molecule has 0 radical (unpaired) electrons. The monoisotopic (exact) mass is 374 g/mol. The second kappa shape index (κ2) is 8.85. The lowest BCUT2D eigenvalue weighted by Gasteiger charge is -2.27. The van der Waals surface area contributed by atoms with Crippen molar-refractivity contribution >= 4 is 5.91 Å². The largest absolute Gasteiger partial charge is 0.347 e. The number of para-hydroxylation sites is 1. The Labute approximate surface area is 166 Å². The topological polar surface area (TPSA) is 50.2 Å². The molecule has 2 aromatic carbocycles. The molecule has 5 heteroatoms. The molecule has 0 aliphatic carbocycles. The summed E-state index contributed by atoms with van der Waals surface area (Å²) >= 11 is 0. The van der Waals surface area contributed by atoms with Crippen LogP contribution in [0.1, 0.15) is 40.9 Å². The van der Waals surface area contributed by atoms with E-state index in [0.717, 1.165) is 25.3 Å². The van der Waals surface area contributed by atoms with Crippen molar-refractivity contribution in [2.45, 2.75) is 32.4 Å². The Morgan fingerprint density at radius 2 is 1.64 bits per heavy atom. The van der Waals surface area contributed by atoms with Crippen molar-refractivity contribution in [1.82, 2.24) is 19.8 Å². The Morgan fingerprint density at radius 1 is 0.929 bits per heavy atom. The smallest absolute Gasteiger partial charge is 0.270 e. The fourth-order valence-corrected chi connectivity index (χ4v) is 3.77. The molecule has 0 bridgehead atoms. The van der Waals surface area contributed by atoms with Crippen molar-refractivity contribution in [3.63, 3.8) is 0 Å². The number of benzene rings is 2. The van der Waals surface area contributed by atoms with Crippen molar-refractivity contribution < 1.29 is 4.79 Å². The molecule has 1 saturated heterocycles. The van der Waals surface area contributed by atoms with E-state index in [1.165, 1.54) is 30.4 Å². The number of carbonyl (C=O) groups is 1. The van der Waals surface area contributed by atoms with Gasteiger partial charge in [-0.1, -0.05) is 48.9 Å². The van der Waals surface area contributed by atoms with Crippen LogP contribution >= 0.6 is 0 Å². The number of piperidine rings is 1. The molecule has 1 aromatic heterocycles. The van der Waals surface area contributed by atoms with Gasteiger partial charge in [0.1, 0.15) is 5.69 Å². The zero-order chi connectivity index (χ0) is 19.2. The molecular formula is C23H26N4O. The Kier molecular flexibility index (Phi) is 5.83. The van der Waals surface area contributed by atoms with Crippen LogP contribution in [0.2, 0.25) is 0 Å². The number of nitrogens with one attached hydrogen (secondary N) is 1.